The number of nitrogens with zero attached hydrogens (tertiary/aromatic N) is 2. The summed E-state index contributed by atoms with van der Waals surface area (Å²) >= 11 is 13.2. The lowest BCUT2D eigenvalue weighted by atomic mass is 10.1. The van der Waals surface area contributed by atoms with Gasteiger partial charge in [0, 0.05) is 36.6 Å². The van der Waals surface area contributed by atoms with Gasteiger partial charge in [-0.1, -0.05) is 34.5 Å². The fourth-order valence-corrected chi connectivity index (χ4v) is 4.28. The highest BCUT2D eigenvalue weighted by Gasteiger charge is 2.24. The van der Waals surface area contributed by atoms with E-state index in [1.165, 1.54) is 17.4 Å². The molecule has 0 saturated carbocycles. The highest BCUT2D eigenvalue weighted by molar-refractivity contribution is 7.18. The maximum Gasteiger partial charge on any atom is 0.219 e. The SMILES string of the molecule is CC(=O)N1CCC(Nc2nc(N)c(C(=O)c3ccc(Cl)cc3Cl)s2)CC1. The number of benzene rings is 1. The van der Waals surface area contributed by atoms with E-state index in [1.807, 2.05) is 4.90 Å². The monoisotopic (exact) mass is 412 g/mol. The molecule has 9 heteroatoms. The Morgan fingerprint density at radius 2 is 2.00 bits per heavy atom. The van der Waals surface area contributed by atoms with Crippen molar-refractivity contribution in [2.75, 3.05) is 24.1 Å². The maximum absolute atomic E-state index is 12.7. The summed E-state index contributed by atoms with van der Waals surface area (Å²) in [6.45, 7) is 3.00. The molecule has 1 saturated heterocycles. The summed E-state index contributed by atoms with van der Waals surface area (Å²) in [5, 5.41) is 4.65. The van der Waals surface area contributed by atoms with Gasteiger partial charge in [0.1, 0.15) is 10.7 Å². The van der Waals surface area contributed by atoms with Gasteiger partial charge in [0.2, 0.25) is 11.7 Å². The van der Waals surface area contributed by atoms with Crippen molar-refractivity contribution in [3.63, 3.8) is 0 Å². The van der Waals surface area contributed by atoms with E-state index in [4.69, 9.17) is 28.9 Å². The number of nitrogens with one attached hydrogen (secondary N) is 1. The fraction of sp³-hybridized carbons (Fsp3) is 0.353. The average Bonchev–Trinajstić information content (AvgIpc) is 2.95. The minimum absolute atomic E-state index is 0.0923. The minimum atomic E-state index is -0.277. The summed E-state index contributed by atoms with van der Waals surface area (Å²) in [5.74, 6) is -0.00882. The second kappa shape index (κ2) is 7.82. The smallest absolute Gasteiger partial charge is 0.219 e. The molecule has 0 bridgehead atoms. The summed E-state index contributed by atoms with van der Waals surface area (Å²) in [6.07, 6.45) is 1.65. The number of carbonyl (C=O) groups excluding carboxylic acids is 2. The molecule has 0 unspecified atom stereocenters. The molecule has 1 aliphatic rings. The second-order valence-electron chi connectivity index (χ2n) is 6.11. The number of rotatable bonds is 4. The average molecular weight is 413 g/mol. The van der Waals surface area contributed by atoms with Crippen molar-refractivity contribution < 1.29 is 9.59 Å². The topological polar surface area (TPSA) is 88.3 Å². The fourth-order valence-electron chi connectivity index (χ4n) is 2.87. The number of halogens is 2. The van der Waals surface area contributed by atoms with E-state index < -0.39 is 0 Å². The van der Waals surface area contributed by atoms with E-state index in [0.717, 1.165) is 12.8 Å². The molecule has 0 spiro atoms. The van der Waals surface area contributed by atoms with Crippen LogP contribution in [-0.4, -0.2) is 40.7 Å². The number of nitrogens with two attached hydrogens (primary N) is 1. The largest absolute Gasteiger partial charge is 0.382 e. The second-order valence-corrected chi connectivity index (χ2v) is 7.95. The number of ketones is 1. The van der Waals surface area contributed by atoms with Crippen molar-refractivity contribution in [2.45, 2.75) is 25.8 Å². The van der Waals surface area contributed by atoms with Gasteiger partial charge in [0.15, 0.2) is 5.13 Å². The van der Waals surface area contributed by atoms with Gasteiger partial charge < -0.3 is 16.0 Å². The first-order valence-corrected chi connectivity index (χ1v) is 9.70. The van der Waals surface area contributed by atoms with E-state index in [-0.39, 0.29) is 28.6 Å². The van der Waals surface area contributed by atoms with Gasteiger partial charge in [-0.3, -0.25) is 9.59 Å². The third-order valence-corrected chi connectivity index (χ3v) is 5.85. The van der Waals surface area contributed by atoms with Gasteiger partial charge in [-0.2, -0.15) is 0 Å². The molecule has 0 aliphatic carbocycles. The van der Waals surface area contributed by atoms with Crippen LogP contribution in [0.4, 0.5) is 10.9 Å². The third kappa shape index (κ3) is 4.11. The van der Waals surface area contributed by atoms with Gasteiger partial charge in [-0.15, -0.1) is 0 Å². The van der Waals surface area contributed by atoms with Crippen LogP contribution in [0.25, 0.3) is 0 Å². The third-order valence-electron chi connectivity index (χ3n) is 4.30. The number of piperidine rings is 1. The van der Waals surface area contributed by atoms with E-state index >= 15 is 0 Å². The highest BCUT2D eigenvalue weighted by Crippen LogP contribution is 2.31. The standard InChI is InChI=1S/C17H18Cl2N4O2S/c1-9(24)23-6-4-11(5-7-23)21-17-22-16(20)15(26-17)14(25)12-3-2-10(18)8-13(12)19/h2-3,8,11H,4-7,20H2,1H3,(H,21,22). The Kier molecular flexibility index (Phi) is 5.70. The summed E-state index contributed by atoms with van der Waals surface area (Å²) in [5.41, 5.74) is 6.28. The van der Waals surface area contributed by atoms with Gasteiger partial charge in [-0.25, -0.2) is 4.98 Å². The van der Waals surface area contributed by atoms with Crippen molar-refractivity contribution in [3.05, 3.63) is 38.7 Å². The number of amides is 1. The molecular formula is C17H18Cl2N4O2S. The lowest BCUT2D eigenvalue weighted by Gasteiger charge is -2.31. The zero-order valence-corrected chi connectivity index (χ0v) is 16.4. The molecule has 3 N–H and O–H groups in total. The Morgan fingerprint density at radius 1 is 1.31 bits per heavy atom. The molecule has 26 heavy (non-hydrogen) atoms. The van der Waals surface area contributed by atoms with Crippen LogP contribution in [0.15, 0.2) is 18.2 Å². The lowest BCUT2D eigenvalue weighted by Crippen LogP contribution is -2.41. The number of carbonyl (C=O) groups is 2. The van der Waals surface area contributed by atoms with Crippen LogP contribution in [0, 0.1) is 0 Å². The number of aromatic nitrogens is 1. The van der Waals surface area contributed by atoms with Crippen LogP contribution in [-0.2, 0) is 4.79 Å². The molecule has 2 heterocycles. The van der Waals surface area contributed by atoms with Crippen molar-refractivity contribution in [2.24, 2.45) is 0 Å². The van der Waals surface area contributed by atoms with Crippen molar-refractivity contribution in [1.29, 1.82) is 0 Å². The number of nitrogen functional groups attached to an aromatic ring is 1. The molecule has 1 amide bonds. The Balaban J connectivity index is 1.71. The quantitative estimate of drug-likeness (QED) is 0.747. The van der Waals surface area contributed by atoms with Crippen molar-refractivity contribution in [1.82, 2.24) is 9.88 Å². The van der Waals surface area contributed by atoms with E-state index in [0.29, 0.717) is 33.7 Å². The van der Waals surface area contributed by atoms with Gasteiger partial charge >= 0.3 is 0 Å². The first kappa shape index (κ1) is 18.9. The first-order chi connectivity index (χ1) is 12.3. The molecule has 1 aliphatic heterocycles. The summed E-state index contributed by atoms with van der Waals surface area (Å²) < 4.78 is 0. The number of hydrogen-bond acceptors (Lipinski definition) is 6. The predicted molar refractivity (Wildman–Crippen MR) is 105 cm³/mol. The van der Waals surface area contributed by atoms with Crippen LogP contribution in [0.1, 0.15) is 35.0 Å². The van der Waals surface area contributed by atoms with Crippen molar-refractivity contribution in [3.8, 4) is 0 Å². The van der Waals surface area contributed by atoms with Crippen LogP contribution in [0.5, 0.6) is 0 Å². The van der Waals surface area contributed by atoms with E-state index in [9.17, 15) is 9.59 Å². The number of likely N-dealkylation sites (tertiary alicyclic amines) is 1. The van der Waals surface area contributed by atoms with Gasteiger partial charge in [0.25, 0.3) is 0 Å². The molecule has 1 aromatic heterocycles. The summed E-state index contributed by atoms with van der Waals surface area (Å²) in [4.78, 5) is 30.5. The molecule has 2 aromatic rings. The molecule has 0 radical (unpaired) electrons. The summed E-state index contributed by atoms with van der Waals surface area (Å²) in [6, 6.07) is 4.91. The Morgan fingerprint density at radius 3 is 2.62 bits per heavy atom. The normalized spacial score (nSPS) is 15.1. The summed E-state index contributed by atoms with van der Waals surface area (Å²) in [7, 11) is 0. The molecule has 138 valence electrons. The van der Waals surface area contributed by atoms with Crippen LogP contribution < -0.4 is 11.1 Å². The maximum atomic E-state index is 12.7. The molecule has 3 rings (SSSR count). The number of hydrogen-bond donors (Lipinski definition) is 2. The van der Waals surface area contributed by atoms with Crippen LogP contribution in [0.2, 0.25) is 10.0 Å². The predicted octanol–water partition coefficient (Wildman–Crippen LogP) is 3.69. The molecule has 0 atom stereocenters. The zero-order chi connectivity index (χ0) is 18.8. The Bertz CT molecular complexity index is 847. The molecule has 1 aromatic carbocycles. The van der Waals surface area contributed by atoms with E-state index in [2.05, 4.69) is 10.3 Å². The van der Waals surface area contributed by atoms with Crippen LogP contribution in [0.3, 0.4) is 0 Å². The van der Waals surface area contributed by atoms with Gasteiger partial charge in [0.05, 0.1) is 5.02 Å². The Hall–Kier alpha value is -1.83. The number of thiazole rings is 1. The number of anilines is 2. The molecule has 1 fully saturated rings. The molecular weight excluding hydrogens is 395 g/mol. The first-order valence-electron chi connectivity index (χ1n) is 8.13. The minimum Gasteiger partial charge on any atom is -0.382 e. The van der Waals surface area contributed by atoms with E-state index in [1.54, 1.807) is 19.1 Å². The van der Waals surface area contributed by atoms with Crippen molar-refractivity contribution >= 4 is 57.2 Å². The lowest BCUT2D eigenvalue weighted by molar-refractivity contribution is -0.129. The van der Waals surface area contributed by atoms with Crippen LogP contribution >= 0.6 is 34.5 Å². The Labute approximate surface area is 165 Å². The van der Waals surface area contributed by atoms with Gasteiger partial charge in [-0.05, 0) is 31.0 Å². The zero-order valence-electron chi connectivity index (χ0n) is 14.1. The molecule has 6 nitrogen and oxygen atoms in total. The highest BCUT2D eigenvalue weighted by atomic mass is 35.5.